The molecule has 1 aliphatic rings. The average Bonchev–Trinajstić information content (AvgIpc) is 3.56. The van der Waals surface area contributed by atoms with Crippen molar-refractivity contribution in [2.75, 3.05) is 10.0 Å². The molecule has 0 radical (unpaired) electrons. The first-order valence-electron chi connectivity index (χ1n) is 11.1. The number of rotatable bonds is 9. The van der Waals surface area contributed by atoms with Gasteiger partial charge in [-0.3, -0.25) is 9.27 Å². The normalized spacial score (nSPS) is 14.8. The molecule has 10 heteroatoms. The molecule has 2 aromatic carbocycles. The Balaban J connectivity index is 1.40. The second kappa shape index (κ2) is 11.0. The highest BCUT2D eigenvalue weighted by molar-refractivity contribution is 7.80. The monoisotopic (exact) mass is 521 g/mol. The Kier molecular flexibility index (Phi) is 7.43. The predicted molar refractivity (Wildman–Crippen MR) is 145 cm³/mol. The molecule has 0 spiro atoms. The highest BCUT2D eigenvalue weighted by Crippen LogP contribution is 2.32. The minimum Gasteiger partial charge on any atom is -0.351 e. The van der Waals surface area contributed by atoms with E-state index >= 15 is 0 Å². The van der Waals surface area contributed by atoms with Gasteiger partial charge >= 0.3 is 0 Å². The van der Waals surface area contributed by atoms with Crippen LogP contribution in [0.15, 0.2) is 78.2 Å². The first-order chi connectivity index (χ1) is 17.1. The Bertz CT molecular complexity index is 1360. The summed E-state index contributed by atoms with van der Waals surface area (Å²) in [5.41, 5.74) is 4.78. The van der Waals surface area contributed by atoms with Crippen LogP contribution in [0.25, 0.3) is 16.1 Å². The van der Waals surface area contributed by atoms with Crippen molar-refractivity contribution in [2.45, 2.75) is 25.3 Å². The zero-order valence-corrected chi connectivity index (χ0v) is 21.1. The molecule has 35 heavy (non-hydrogen) atoms. The maximum Gasteiger partial charge on any atom is 0.259 e. The SMILES string of the molecule is O=S(O)Nc1ccc(C[C@H](Nc2nnc(C3=CCCC=C3)s2)c2csc(-c3ccccc3)n2)cc1. The van der Waals surface area contributed by atoms with Crippen molar-refractivity contribution in [1.29, 1.82) is 0 Å². The van der Waals surface area contributed by atoms with Crippen LogP contribution in [-0.2, 0) is 17.7 Å². The zero-order chi connectivity index (χ0) is 24.0. The van der Waals surface area contributed by atoms with E-state index < -0.39 is 11.3 Å². The molecule has 2 aromatic heterocycles. The lowest BCUT2D eigenvalue weighted by Gasteiger charge is -2.16. The van der Waals surface area contributed by atoms with Crippen molar-refractivity contribution in [2.24, 2.45) is 0 Å². The molecule has 0 amide bonds. The van der Waals surface area contributed by atoms with Gasteiger partial charge in [-0.05, 0) is 37.0 Å². The lowest BCUT2D eigenvalue weighted by Crippen LogP contribution is -2.14. The molecule has 5 rings (SSSR count). The van der Waals surface area contributed by atoms with Gasteiger partial charge in [0.1, 0.15) is 10.0 Å². The highest BCUT2D eigenvalue weighted by atomic mass is 32.2. The molecule has 3 N–H and O–H groups in total. The van der Waals surface area contributed by atoms with Crippen molar-refractivity contribution < 1.29 is 8.76 Å². The van der Waals surface area contributed by atoms with E-state index in [1.54, 1.807) is 23.5 Å². The Labute approximate surface area is 214 Å². The van der Waals surface area contributed by atoms with E-state index in [2.05, 4.69) is 56.0 Å². The van der Waals surface area contributed by atoms with E-state index in [0.29, 0.717) is 12.1 Å². The third-order valence-electron chi connectivity index (χ3n) is 5.46. The molecule has 0 aliphatic heterocycles. The van der Waals surface area contributed by atoms with Crippen molar-refractivity contribution in [3.8, 4) is 10.6 Å². The summed E-state index contributed by atoms with van der Waals surface area (Å²) in [5.74, 6) is 0. The summed E-state index contributed by atoms with van der Waals surface area (Å²) in [4.78, 5) is 4.93. The van der Waals surface area contributed by atoms with E-state index in [-0.39, 0.29) is 6.04 Å². The molecular formula is C25H23N5O2S3. The van der Waals surface area contributed by atoms with Gasteiger partial charge in [-0.2, -0.15) is 0 Å². The van der Waals surface area contributed by atoms with Crippen LogP contribution in [0.1, 0.15) is 35.1 Å². The van der Waals surface area contributed by atoms with Gasteiger partial charge in [-0.25, -0.2) is 9.19 Å². The Morgan fingerprint density at radius 2 is 1.86 bits per heavy atom. The number of hydrogen-bond donors (Lipinski definition) is 3. The van der Waals surface area contributed by atoms with Crippen LogP contribution in [0.5, 0.6) is 0 Å². The molecule has 0 saturated carbocycles. The van der Waals surface area contributed by atoms with Crippen molar-refractivity contribution >= 4 is 50.3 Å². The fourth-order valence-corrected chi connectivity index (χ4v) is 5.79. The number of aromatic nitrogens is 3. The smallest absolute Gasteiger partial charge is 0.259 e. The number of anilines is 2. The van der Waals surface area contributed by atoms with Crippen LogP contribution in [0.4, 0.5) is 10.8 Å². The van der Waals surface area contributed by atoms with Crippen LogP contribution >= 0.6 is 22.7 Å². The summed E-state index contributed by atoms with van der Waals surface area (Å²) in [6.45, 7) is 0. The predicted octanol–water partition coefficient (Wildman–Crippen LogP) is 6.34. The molecule has 0 bridgehead atoms. The number of nitrogens with one attached hydrogen (secondary N) is 2. The van der Waals surface area contributed by atoms with Gasteiger partial charge in [0, 0.05) is 22.2 Å². The number of hydrogen-bond acceptors (Lipinski definition) is 7. The maximum atomic E-state index is 11.0. The van der Waals surface area contributed by atoms with Crippen LogP contribution in [0.3, 0.4) is 0 Å². The third kappa shape index (κ3) is 6.09. The number of benzene rings is 2. The molecule has 178 valence electrons. The van der Waals surface area contributed by atoms with E-state index in [9.17, 15) is 4.21 Å². The minimum absolute atomic E-state index is 0.119. The summed E-state index contributed by atoms with van der Waals surface area (Å²) < 4.78 is 22.6. The van der Waals surface area contributed by atoms with Crippen molar-refractivity contribution in [3.63, 3.8) is 0 Å². The summed E-state index contributed by atoms with van der Waals surface area (Å²) in [6.07, 6.45) is 9.21. The van der Waals surface area contributed by atoms with E-state index in [0.717, 1.165) is 50.4 Å². The van der Waals surface area contributed by atoms with E-state index in [1.165, 1.54) is 11.3 Å². The Hall–Kier alpha value is -3.18. The van der Waals surface area contributed by atoms with Crippen LogP contribution in [0.2, 0.25) is 0 Å². The Morgan fingerprint density at radius 3 is 2.60 bits per heavy atom. The molecular weight excluding hydrogens is 499 g/mol. The fourth-order valence-electron chi connectivity index (χ4n) is 3.75. The van der Waals surface area contributed by atoms with Gasteiger partial charge in [-0.1, -0.05) is 72.0 Å². The molecule has 0 fully saturated rings. The summed E-state index contributed by atoms with van der Waals surface area (Å²) in [7, 11) is 0. The van der Waals surface area contributed by atoms with Gasteiger partial charge in [0.2, 0.25) is 5.13 Å². The molecule has 1 aliphatic carbocycles. The maximum absolute atomic E-state index is 11.0. The quantitative estimate of drug-likeness (QED) is 0.222. The first kappa shape index (κ1) is 23.6. The Morgan fingerprint density at radius 1 is 1.03 bits per heavy atom. The molecule has 0 saturated heterocycles. The summed E-state index contributed by atoms with van der Waals surface area (Å²) >= 11 is 1.05. The number of nitrogens with zero attached hydrogens (tertiary/aromatic N) is 3. The van der Waals surface area contributed by atoms with Gasteiger partial charge in [-0.15, -0.1) is 21.5 Å². The molecule has 2 heterocycles. The fraction of sp³-hybridized carbons (Fsp3) is 0.160. The standard InChI is InChI=1S/C25H23N5O2S3/c31-35(32)30-20-13-11-17(12-14-20)15-21(22-16-33-23(26-22)18-7-3-1-4-8-18)27-25-29-28-24(34-25)19-9-5-2-6-10-19/h1,3-5,7-14,16,21,30H,2,6,15H2,(H,27,29)(H,31,32)/t21-/m0/s1. The highest BCUT2D eigenvalue weighted by Gasteiger charge is 2.19. The van der Waals surface area contributed by atoms with Gasteiger partial charge in [0.15, 0.2) is 0 Å². The van der Waals surface area contributed by atoms with E-state index in [4.69, 9.17) is 9.54 Å². The lowest BCUT2D eigenvalue weighted by molar-refractivity contribution is 0.570. The van der Waals surface area contributed by atoms with E-state index in [1.807, 2.05) is 30.3 Å². The summed E-state index contributed by atoms with van der Waals surface area (Å²) in [6, 6.07) is 17.5. The van der Waals surface area contributed by atoms with Gasteiger partial charge < -0.3 is 5.32 Å². The summed E-state index contributed by atoms with van der Waals surface area (Å²) in [5, 5.41) is 17.0. The van der Waals surface area contributed by atoms with Crippen molar-refractivity contribution in [3.05, 3.63) is 94.5 Å². The number of allylic oxidation sites excluding steroid dienone is 4. The molecule has 2 atom stereocenters. The van der Waals surface area contributed by atoms with Crippen molar-refractivity contribution in [1.82, 2.24) is 15.2 Å². The molecule has 7 nitrogen and oxygen atoms in total. The number of thiazole rings is 1. The zero-order valence-electron chi connectivity index (χ0n) is 18.6. The second-order valence-corrected chi connectivity index (χ2v) is 10.5. The van der Waals surface area contributed by atoms with Crippen LogP contribution in [0, 0.1) is 0 Å². The minimum atomic E-state index is -2.10. The lowest BCUT2D eigenvalue weighted by atomic mass is 10.0. The largest absolute Gasteiger partial charge is 0.351 e. The van der Waals surface area contributed by atoms with Gasteiger partial charge in [0.25, 0.3) is 11.3 Å². The topological polar surface area (TPSA) is 100 Å². The third-order valence-corrected chi connectivity index (χ3v) is 7.69. The average molecular weight is 522 g/mol. The molecule has 4 aromatic rings. The van der Waals surface area contributed by atoms with Crippen LogP contribution in [-0.4, -0.2) is 23.9 Å². The first-order valence-corrected chi connectivity index (χ1v) is 13.9. The molecule has 1 unspecified atom stereocenters. The second-order valence-electron chi connectivity index (χ2n) is 7.94. The van der Waals surface area contributed by atoms with Gasteiger partial charge in [0.05, 0.1) is 11.7 Å². The van der Waals surface area contributed by atoms with Crippen LogP contribution < -0.4 is 10.0 Å².